The molecule has 2 saturated heterocycles. The number of nitrogens with two attached hydrogens (primary N) is 4. The average Bonchev–Trinajstić information content (AvgIpc) is 3.13. The van der Waals surface area contributed by atoms with Gasteiger partial charge in [0.1, 0.15) is 66.5 Å². The fourth-order valence-electron chi connectivity index (χ4n) is 5.17. The summed E-state index contributed by atoms with van der Waals surface area (Å²) in [5.74, 6) is -1.03. The third-order valence-electron chi connectivity index (χ3n) is 7.49. The van der Waals surface area contributed by atoms with E-state index in [-0.39, 0.29) is 0 Å². The van der Waals surface area contributed by atoms with Crippen LogP contribution in [0.15, 0.2) is 9.98 Å². The van der Waals surface area contributed by atoms with Gasteiger partial charge in [-0.15, -0.1) is 0 Å². The number of ether oxygens (including phenoxy) is 4. The Hall–Kier alpha value is -1.98. The van der Waals surface area contributed by atoms with Crippen molar-refractivity contribution in [1.29, 1.82) is 0 Å². The minimum absolute atomic E-state index is 0.501. The highest BCUT2D eigenvalue weighted by molar-refractivity contribution is 5.76. The Kier molecular flexibility index (Phi) is 10.5. The molecule has 17 N–H and O–H groups in total. The van der Waals surface area contributed by atoms with Gasteiger partial charge in [-0.05, 0) is 14.0 Å². The molecule has 2 heterocycles. The second-order valence-electron chi connectivity index (χ2n) is 10.0. The Morgan fingerprint density at radius 1 is 0.825 bits per heavy atom. The van der Waals surface area contributed by atoms with Gasteiger partial charge in [0.15, 0.2) is 24.5 Å². The summed E-state index contributed by atoms with van der Waals surface area (Å²) in [5, 5.41) is 87.1. The lowest BCUT2D eigenvalue weighted by Gasteiger charge is -2.46. The molecular formula is C21H41N7O12. The number of nitrogens with zero attached hydrogens (tertiary/aromatic N) is 2. The number of nitrogens with one attached hydrogen (secondary N) is 1. The zero-order chi connectivity index (χ0) is 30.1. The molecule has 0 unspecified atom stereocenters. The first-order chi connectivity index (χ1) is 18.7. The summed E-state index contributed by atoms with van der Waals surface area (Å²) < 4.78 is 23.2. The Bertz CT molecular complexity index is 911. The smallest absolute Gasteiger partial charge is 0.190 e. The van der Waals surface area contributed by atoms with Crippen LogP contribution in [0.4, 0.5) is 0 Å². The van der Waals surface area contributed by atoms with Crippen molar-refractivity contribution in [1.82, 2.24) is 5.32 Å². The lowest BCUT2D eigenvalue weighted by atomic mass is 9.81. The molecule has 0 amide bonds. The van der Waals surface area contributed by atoms with E-state index in [2.05, 4.69) is 15.3 Å². The van der Waals surface area contributed by atoms with E-state index in [0.717, 1.165) is 0 Å². The van der Waals surface area contributed by atoms with E-state index in [4.69, 9.17) is 41.9 Å². The van der Waals surface area contributed by atoms with Crippen LogP contribution in [0.2, 0.25) is 0 Å². The van der Waals surface area contributed by atoms with Gasteiger partial charge in [0.2, 0.25) is 0 Å². The zero-order valence-electron chi connectivity index (χ0n) is 21.9. The van der Waals surface area contributed by atoms with E-state index >= 15 is 0 Å². The molecule has 0 aromatic carbocycles. The van der Waals surface area contributed by atoms with E-state index in [0.29, 0.717) is 0 Å². The molecule has 0 radical (unpaired) electrons. The predicted molar refractivity (Wildman–Crippen MR) is 134 cm³/mol. The van der Waals surface area contributed by atoms with Gasteiger partial charge in [0.25, 0.3) is 0 Å². The van der Waals surface area contributed by atoms with E-state index in [1.165, 1.54) is 14.0 Å². The van der Waals surface area contributed by atoms with Crippen LogP contribution in [-0.2, 0) is 18.9 Å². The Balaban J connectivity index is 1.97. The third-order valence-corrected chi connectivity index (χ3v) is 7.49. The summed E-state index contributed by atoms with van der Waals surface area (Å²) in [6.45, 7) is -0.207. The van der Waals surface area contributed by atoms with Gasteiger partial charge >= 0.3 is 0 Å². The summed E-state index contributed by atoms with van der Waals surface area (Å²) in [6.07, 6.45) is -16.9. The van der Waals surface area contributed by atoms with Crippen molar-refractivity contribution in [3.8, 4) is 0 Å². The zero-order valence-corrected chi connectivity index (χ0v) is 21.9. The van der Waals surface area contributed by atoms with Crippen molar-refractivity contribution < 1.29 is 59.8 Å². The van der Waals surface area contributed by atoms with Crippen LogP contribution in [0.5, 0.6) is 0 Å². The lowest BCUT2D eigenvalue weighted by Crippen LogP contribution is -2.67. The number of hydrogen-bond donors (Lipinski definition) is 13. The van der Waals surface area contributed by atoms with Crippen molar-refractivity contribution >= 4 is 11.9 Å². The Morgan fingerprint density at radius 2 is 1.43 bits per heavy atom. The SMILES string of the molecule is CN[C@@H]1[C@H](O[C@@H]2O[C@H](C)[C@@](O)(CO)[C@H]2O[C@H]2[C@H](O)[C@H](O)[C@H](N=C(N)N)[C@@H](O)[C@@H]2N=C(N)N)O[C@@H](CO)[C@H](O)[C@H]1O. The maximum absolute atomic E-state index is 11.3. The first-order valence-corrected chi connectivity index (χ1v) is 12.5. The molecular weight excluding hydrogens is 542 g/mol. The summed E-state index contributed by atoms with van der Waals surface area (Å²) in [7, 11) is 1.45. The van der Waals surface area contributed by atoms with Gasteiger partial charge in [-0.3, -0.25) is 0 Å². The second-order valence-corrected chi connectivity index (χ2v) is 10.0. The first kappa shape index (κ1) is 32.5. The molecule has 15 atom stereocenters. The lowest BCUT2D eigenvalue weighted by molar-refractivity contribution is -0.326. The van der Waals surface area contributed by atoms with Crippen LogP contribution in [0, 0.1) is 0 Å². The molecule has 0 aromatic rings. The largest absolute Gasteiger partial charge is 0.394 e. The number of aliphatic imine (C=N–C) groups is 2. The molecule has 3 rings (SSSR count). The minimum atomic E-state index is -2.18. The Labute approximate surface area is 229 Å². The molecule has 232 valence electrons. The molecule has 1 saturated carbocycles. The molecule has 19 nitrogen and oxygen atoms in total. The summed E-state index contributed by atoms with van der Waals surface area (Å²) in [4.78, 5) is 7.65. The van der Waals surface area contributed by atoms with Crippen LogP contribution in [0.1, 0.15) is 6.92 Å². The highest BCUT2D eigenvalue weighted by Gasteiger charge is 2.60. The second kappa shape index (κ2) is 12.9. The molecule has 19 heteroatoms. The monoisotopic (exact) mass is 583 g/mol. The van der Waals surface area contributed by atoms with Crippen molar-refractivity contribution in [2.24, 2.45) is 32.9 Å². The Morgan fingerprint density at radius 3 is 1.95 bits per heavy atom. The molecule has 2 aliphatic heterocycles. The number of rotatable bonds is 9. The van der Waals surface area contributed by atoms with E-state index in [1.807, 2.05) is 0 Å². The van der Waals surface area contributed by atoms with Crippen LogP contribution in [0.25, 0.3) is 0 Å². The van der Waals surface area contributed by atoms with Gasteiger partial charge in [-0.1, -0.05) is 0 Å². The summed E-state index contributed by atoms with van der Waals surface area (Å²) in [6, 6.07) is -4.02. The molecule has 3 fully saturated rings. The molecule has 0 spiro atoms. The van der Waals surface area contributed by atoms with E-state index in [9.17, 15) is 40.9 Å². The number of aliphatic hydroxyl groups is 8. The fraction of sp³-hybridized carbons (Fsp3) is 0.905. The van der Waals surface area contributed by atoms with Gasteiger partial charge in [-0.2, -0.15) is 0 Å². The molecule has 1 aliphatic carbocycles. The third kappa shape index (κ3) is 6.11. The molecule has 40 heavy (non-hydrogen) atoms. The maximum atomic E-state index is 11.3. The minimum Gasteiger partial charge on any atom is -0.394 e. The van der Waals surface area contributed by atoms with Gasteiger partial charge < -0.3 is 88.1 Å². The maximum Gasteiger partial charge on any atom is 0.190 e. The van der Waals surface area contributed by atoms with Crippen molar-refractivity contribution in [3.63, 3.8) is 0 Å². The van der Waals surface area contributed by atoms with Crippen LogP contribution in [-0.4, -0.2) is 164 Å². The van der Waals surface area contributed by atoms with Gasteiger partial charge in [0, 0.05) is 0 Å². The number of likely N-dealkylation sites (N-methyl/N-ethyl adjacent to an activating group) is 1. The van der Waals surface area contributed by atoms with Gasteiger partial charge in [-0.25, -0.2) is 9.98 Å². The van der Waals surface area contributed by atoms with Crippen LogP contribution >= 0.6 is 0 Å². The summed E-state index contributed by atoms with van der Waals surface area (Å²) in [5.41, 5.74) is 19.6. The van der Waals surface area contributed by atoms with Crippen molar-refractivity contribution in [2.45, 2.75) is 98.2 Å². The number of hydrogen-bond acceptors (Lipinski definition) is 15. The highest BCUT2D eigenvalue weighted by atomic mass is 16.8. The van der Waals surface area contributed by atoms with E-state index < -0.39 is 116 Å². The van der Waals surface area contributed by atoms with Crippen molar-refractivity contribution in [2.75, 3.05) is 20.3 Å². The number of aliphatic hydroxyl groups excluding tert-OH is 7. The quantitative estimate of drug-likeness (QED) is 0.0884. The van der Waals surface area contributed by atoms with Gasteiger partial charge in [0.05, 0.1) is 25.4 Å². The molecule has 0 bridgehead atoms. The summed E-state index contributed by atoms with van der Waals surface area (Å²) >= 11 is 0. The molecule has 3 aliphatic rings. The fourth-order valence-corrected chi connectivity index (χ4v) is 5.17. The first-order valence-electron chi connectivity index (χ1n) is 12.5. The topological polar surface area (TPSA) is 340 Å². The van der Waals surface area contributed by atoms with Crippen LogP contribution in [0.3, 0.4) is 0 Å². The number of guanidine groups is 2. The average molecular weight is 584 g/mol. The highest BCUT2D eigenvalue weighted by Crippen LogP contribution is 2.39. The molecule has 0 aromatic heterocycles. The van der Waals surface area contributed by atoms with Crippen LogP contribution < -0.4 is 28.3 Å². The van der Waals surface area contributed by atoms with E-state index in [1.54, 1.807) is 0 Å². The van der Waals surface area contributed by atoms with Crippen molar-refractivity contribution in [3.05, 3.63) is 0 Å². The standard InChI is InChI=1S/C21H41N7O12/c1-5-21(36,4-30)16(18(37-5)40-17-9(26-2)13(34)10(31)6(3-29)38-17)39-15-8(28-20(24)25)11(32)7(27-19(22)23)12(33)14(15)35/h5-18,26,29-36H,3-4H2,1-2H3,(H4,22,23,27)(H4,24,25,28)/t5-,6+,7-,8+,9+,10+,11-,12-,13+,14-,15-,16+,17+,18+,21+/m1/s1. The normalized spacial score (nSPS) is 47.5. The predicted octanol–water partition coefficient (Wildman–Crippen LogP) is -8.37.